The van der Waals surface area contributed by atoms with Gasteiger partial charge in [0, 0.05) is 6.61 Å². The third-order valence-corrected chi connectivity index (χ3v) is 10.0. The van der Waals surface area contributed by atoms with E-state index >= 15 is 0 Å². The van der Waals surface area contributed by atoms with Crippen LogP contribution in [-0.2, 0) is 0 Å². The molecule has 0 atom stereocenters. The van der Waals surface area contributed by atoms with Crippen molar-refractivity contribution in [3.05, 3.63) is 72.8 Å². The highest BCUT2D eigenvalue weighted by molar-refractivity contribution is 6.98. The van der Waals surface area contributed by atoms with Crippen LogP contribution in [0.15, 0.2) is 72.8 Å². The SMILES string of the molecule is CC(C)(CCC/C=C\CCCCO)[Si](O)(c1ccccc1)c1ccccc1. The van der Waals surface area contributed by atoms with Gasteiger partial charge in [-0.3, -0.25) is 0 Å². The van der Waals surface area contributed by atoms with E-state index in [-0.39, 0.29) is 11.6 Å². The highest BCUT2D eigenvalue weighted by Crippen LogP contribution is 2.40. The zero-order valence-corrected chi connectivity index (χ0v) is 17.8. The molecule has 0 radical (unpaired) electrons. The van der Waals surface area contributed by atoms with Crippen molar-refractivity contribution in [3.8, 4) is 0 Å². The Morgan fingerprint density at radius 1 is 0.778 bits per heavy atom. The van der Waals surface area contributed by atoms with Crippen molar-refractivity contribution in [1.29, 1.82) is 0 Å². The summed E-state index contributed by atoms with van der Waals surface area (Å²) in [4.78, 5) is 12.1. The van der Waals surface area contributed by atoms with Gasteiger partial charge in [-0.2, -0.15) is 0 Å². The van der Waals surface area contributed by atoms with Gasteiger partial charge >= 0.3 is 0 Å². The van der Waals surface area contributed by atoms with Gasteiger partial charge in [-0.05, 0) is 53.9 Å². The number of allylic oxidation sites excluding steroid dienone is 2. The number of unbranched alkanes of at least 4 members (excludes halogenated alkanes) is 3. The van der Waals surface area contributed by atoms with Gasteiger partial charge in [-0.1, -0.05) is 86.7 Å². The molecule has 0 heterocycles. The van der Waals surface area contributed by atoms with Crippen LogP contribution in [0.3, 0.4) is 0 Å². The minimum Gasteiger partial charge on any atom is -0.424 e. The molecule has 0 amide bonds. The first-order chi connectivity index (χ1) is 13.0. The standard InChI is InChI=1S/C24H34O2Si/c1-24(2,20-14-6-4-3-5-7-15-21-25)27(26,22-16-10-8-11-17-22)23-18-12-9-13-19-23/h3-4,8-13,16-19,25-26H,5-7,14-15,20-21H2,1-2H3/b4-3-. The molecular weight excluding hydrogens is 348 g/mol. The van der Waals surface area contributed by atoms with Crippen molar-refractivity contribution in [2.24, 2.45) is 0 Å². The number of aliphatic hydroxyl groups is 1. The number of hydrogen-bond acceptors (Lipinski definition) is 2. The molecule has 0 aromatic heterocycles. The van der Waals surface area contributed by atoms with Gasteiger partial charge in [-0.15, -0.1) is 0 Å². The highest BCUT2D eigenvalue weighted by Gasteiger charge is 2.49. The van der Waals surface area contributed by atoms with Gasteiger partial charge in [-0.25, -0.2) is 0 Å². The Kier molecular flexibility index (Phi) is 8.49. The minimum absolute atomic E-state index is 0.166. The Bertz CT molecular complexity index is 641. The molecule has 146 valence electrons. The van der Waals surface area contributed by atoms with E-state index in [1.54, 1.807) is 0 Å². The van der Waals surface area contributed by atoms with Crippen LogP contribution in [0.1, 0.15) is 52.4 Å². The predicted molar refractivity (Wildman–Crippen MR) is 118 cm³/mol. The fourth-order valence-corrected chi connectivity index (χ4v) is 7.54. The lowest BCUT2D eigenvalue weighted by atomic mass is 10.0. The van der Waals surface area contributed by atoms with E-state index in [1.807, 2.05) is 36.4 Å². The van der Waals surface area contributed by atoms with Gasteiger partial charge in [0.05, 0.1) is 0 Å². The van der Waals surface area contributed by atoms with Crippen LogP contribution in [0, 0.1) is 0 Å². The maximum absolute atomic E-state index is 12.1. The molecule has 2 aromatic carbocycles. The number of rotatable bonds is 11. The summed E-state index contributed by atoms with van der Waals surface area (Å²) in [7, 11) is -2.87. The van der Waals surface area contributed by atoms with E-state index in [0.717, 1.165) is 48.9 Å². The van der Waals surface area contributed by atoms with Crippen molar-refractivity contribution in [1.82, 2.24) is 0 Å². The van der Waals surface area contributed by atoms with Crippen molar-refractivity contribution in [3.63, 3.8) is 0 Å². The van der Waals surface area contributed by atoms with Gasteiger partial charge in [0.1, 0.15) is 0 Å². The van der Waals surface area contributed by atoms with E-state index in [2.05, 4.69) is 50.3 Å². The zero-order chi connectivity index (χ0) is 19.6. The Hall–Kier alpha value is -1.68. The number of aliphatic hydroxyl groups excluding tert-OH is 1. The molecule has 27 heavy (non-hydrogen) atoms. The predicted octanol–water partition coefficient (Wildman–Crippen LogP) is 4.41. The van der Waals surface area contributed by atoms with Crippen LogP contribution in [0.2, 0.25) is 5.04 Å². The maximum atomic E-state index is 12.1. The quantitative estimate of drug-likeness (QED) is 0.343. The van der Waals surface area contributed by atoms with Gasteiger partial charge in [0.15, 0.2) is 0 Å². The summed E-state index contributed by atoms with van der Waals surface area (Å²) in [6, 6.07) is 20.5. The first-order valence-electron chi connectivity index (χ1n) is 10.1. The third-order valence-electron chi connectivity index (χ3n) is 5.48. The van der Waals surface area contributed by atoms with Crippen LogP contribution >= 0.6 is 0 Å². The van der Waals surface area contributed by atoms with Gasteiger partial charge in [0.2, 0.25) is 0 Å². The summed E-state index contributed by atoms with van der Waals surface area (Å²) >= 11 is 0. The third kappa shape index (κ3) is 5.65. The molecule has 0 bridgehead atoms. The van der Waals surface area contributed by atoms with E-state index in [4.69, 9.17) is 5.11 Å². The molecule has 0 saturated carbocycles. The average molecular weight is 383 g/mol. The van der Waals surface area contributed by atoms with Crippen LogP contribution in [0.25, 0.3) is 0 Å². The normalized spacial score (nSPS) is 12.6. The maximum Gasteiger partial charge on any atom is 0.258 e. The van der Waals surface area contributed by atoms with Crippen molar-refractivity contribution in [2.45, 2.75) is 57.4 Å². The molecule has 2 aromatic rings. The Morgan fingerprint density at radius 3 is 1.74 bits per heavy atom. The molecular formula is C24H34O2Si. The summed E-state index contributed by atoms with van der Waals surface area (Å²) in [5, 5.41) is 10.8. The summed E-state index contributed by atoms with van der Waals surface area (Å²) < 4.78 is 0. The largest absolute Gasteiger partial charge is 0.424 e. The molecule has 0 fully saturated rings. The smallest absolute Gasteiger partial charge is 0.258 e. The second-order valence-electron chi connectivity index (χ2n) is 7.91. The molecule has 0 aliphatic carbocycles. The van der Waals surface area contributed by atoms with E-state index in [0.29, 0.717) is 0 Å². The minimum atomic E-state index is -2.87. The first kappa shape index (κ1) is 21.6. The van der Waals surface area contributed by atoms with Crippen molar-refractivity contribution >= 4 is 18.7 Å². The Morgan fingerprint density at radius 2 is 1.26 bits per heavy atom. The second kappa shape index (κ2) is 10.6. The molecule has 0 aliphatic heterocycles. The summed E-state index contributed by atoms with van der Waals surface area (Å²) in [6.07, 6.45) is 10.5. The molecule has 2 rings (SSSR count). The number of hydrogen-bond donors (Lipinski definition) is 2. The molecule has 3 heteroatoms. The van der Waals surface area contributed by atoms with E-state index in [1.165, 1.54) is 0 Å². The monoisotopic (exact) mass is 382 g/mol. The van der Waals surface area contributed by atoms with E-state index < -0.39 is 8.32 Å². The Labute approximate surface area is 165 Å². The average Bonchev–Trinajstić information content (AvgIpc) is 2.70. The lowest BCUT2D eigenvalue weighted by molar-refractivity contribution is 0.285. The highest BCUT2D eigenvalue weighted by atomic mass is 28.4. The Balaban J connectivity index is 2.10. The molecule has 0 unspecified atom stereocenters. The second-order valence-corrected chi connectivity index (χ2v) is 11.8. The van der Waals surface area contributed by atoms with Crippen LogP contribution in [-0.4, -0.2) is 24.8 Å². The molecule has 2 nitrogen and oxygen atoms in total. The van der Waals surface area contributed by atoms with Crippen LogP contribution in [0.5, 0.6) is 0 Å². The van der Waals surface area contributed by atoms with Crippen molar-refractivity contribution in [2.75, 3.05) is 6.61 Å². The fraction of sp³-hybridized carbons (Fsp3) is 0.417. The van der Waals surface area contributed by atoms with Gasteiger partial charge < -0.3 is 9.90 Å². The summed E-state index contributed by atoms with van der Waals surface area (Å²) in [5.41, 5.74) is 0. The fourth-order valence-electron chi connectivity index (χ4n) is 3.76. The molecule has 2 N–H and O–H groups in total. The molecule has 0 spiro atoms. The lowest BCUT2D eigenvalue weighted by Gasteiger charge is -2.41. The van der Waals surface area contributed by atoms with Crippen LogP contribution in [0.4, 0.5) is 0 Å². The van der Waals surface area contributed by atoms with E-state index in [9.17, 15) is 4.80 Å². The zero-order valence-electron chi connectivity index (χ0n) is 16.8. The summed E-state index contributed by atoms with van der Waals surface area (Å²) in [6.45, 7) is 4.73. The lowest BCUT2D eigenvalue weighted by Crippen LogP contribution is -2.65. The topological polar surface area (TPSA) is 40.5 Å². The van der Waals surface area contributed by atoms with Crippen LogP contribution < -0.4 is 10.4 Å². The molecule has 0 saturated heterocycles. The molecule has 0 aliphatic rings. The van der Waals surface area contributed by atoms with Crippen molar-refractivity contribution < 1.29 is 9.90 Å². The number of benzene rings is 2. The summed E-state index contributed by atoms with van der Waals surface area (Å²) in [5.74, 6) is 0. The van der Waals surface area contributed by atoms with Gasteiger partial charge in [0.25, 0.3) is 8.32 Å². The first-order valence-corrected chi connectivity index (χ1v) is 12.1.